The molecule has 0 aliphatic heterocycles. The summed E-state index contributed by atoms with van der Waals surface area (Å²) in [6.07, 6.45) is 11.8. The average Bonchev–Trinajstić information content (AvgIpc) is 2.38. The second-order valence-electron chi connectivity index (χ2n) is 4.94. The molecule has 0 saturated heterocycles. The normalized spacial score (nSPS) is 11.0. The largest absolute Gasteiger partial charge is 2.00 e. The van der Waals surface area contributed by atoms with Crippen LogP contribution in [-0.4, -0.2) is 12.3 Å². The first-order valence-corrected chi connectivity index (χ1v) is 10.5. The van der Waals surface area contributed by atoms with Gasteiger partial charge in [0.15, 0.2) is 0 Å². The van der Waals surface area contributed by atoms with E-state index in [2.05, 4.69) is 13.8 Å². The van der Waals surface area contributed by atoms with Crippen LogP contribution in [0.4, 0.5) is 0 Å². The fourth-order valence-electron chi connectivity index (χ4n) is 1.69. The van der Waals surface area contributed by atoms with Crippen LogP contribution in [0.2, 0.25) is 0 Å². The van der Waals surface area contributed by atoms with Crippen molar-refractivity contribution >= 4 is 16.1 Å². The molecule has 0 fully saturated rings. The van der Waals surface area contributed by atoms with Crippen molar-refractivity contribution in [1.82, 2.24) is 0 Å². The van der Waals surface area contributed by atoms with Crippen molar-refractivity contribution in [3.8, 4) is 0 Å². The number of rotatable bonds is 12. The van der Waals surface area contributed by atoms with Gasteiger partial charge in [-0.3, -0.25) is 0 Å². The van der Waals surface area contributed by atoms with E-state index >= 15 is 0 Å². The summed E-state index contributed by atoms with van der Waals surface area (Å²) in [6, 6.07) is 0. The molecule has 2 atom stereocenters. The predicted octanol–water partition coefficient (Wildman–Crippen LogP) is 4.12. The summed E-state index contributed by atoms with van der Waals surface area (Å²) in [6.45, 7) is 4.29. The molecular weight excluding hydrogens is 353 g/mol. The van der Waals surface area contributed by atoms with E-state index in [0.29, 0.717) is 12.3 Å². The number of hydrogen-bond donors (Lipinski definition) is 0. The molecule has 0 rings (SSSR count). The zero-order valence-corrected chi connectivity index (χ0v) is 16.2. The second kappa shape index (κ2) is 22.9. The molecule has 0 heterocycles. The molecule has 7 heteroatoms. The first-order valence-electron chi connectivity index (χ1n) is 7.78. The fraction of sp³-hybridized carbons (Fsp3) is 1.00. The molecule has 0 aromatic heterocycles. The Kier molecular flexibility index (Phi) is 28.9. The molecular formula is C14H30CoO4P2+2. The first kappa shape index (κ1) is 26.5. The maximum absolute atomic E-state index is 10.1. The van der Waals surface area contributed by atoms with E-state index in [4.69, 9.17) is 0 Å². The maximum atomic E-state index is 10.1. The Balaban J connectivity index is -0.000000295. The van der Waals surface area contributed by atoms with E-state index in [9.17, 15) is 18.9 Å². The van der Waals surface area contributed by atoms with Crippen molar-refractivity contribution in [2.75, 3.05) is 12.3 Å². The summed E-state index contributed by atoms with van der Waals surface area (Å²) in [5.41, 5.74) is 0. The summed E-state index contributed by atoms with van der Waals surface area (Å²) in [5.74, 6) is 0. The van der Waals surface area contributed by atoms with Gasteiger partial charge < -0.3 is 9.79 Å². The van der Waals surface area contributed by atoms with E-state index in [0.717, 1.165) is 25.7 Å². The summed E-state index contributed by atoms with van der Waals surface area (Å²) in [4.78, 5) is 20.1. The van der Waals surface area contributed by atoms with Gasteiger partial charge in [0.1, 0.15) is 12.3 Å². The van der Waals surface area contributed by atoms with Gasteiger partial charge in [-0.05, 0) is 25.7 Å². The molecule has 0 aromatic rings. The summed E-state index contributed by atoms with van der Waals surface area (Å²) in [5, 5.41) is 0. The maximum Gasteiger partial charge on any atom is 2.00 e. The van der Waals surface area contributed by atoms with E-state index in [1.807, 2.05) is 0 Å². The molecule has 0 aliphatic carbocycles. The molecule has 127 valence electrons. The standard InChI is InChI=1S/2C7H15O2P.Co/c2*1-2-3-4-5-6-7-10(8)9;/h2*2-7H2,1H3;/q;;+2. The Labute approximate surface area is 142 Å². The van der Waals surface area contributed by atoms with Crippen LogP contribution in [-0.2, 0) is 25.9 Å². The SMILES string of the molecule is CCCCCCC[P+](=O)[O-].CCCCCCC[P+](=O)[O-].[Co+2]. The van der Waals surface area contributed by atoms with Gasteiger partial charge in [0, 0.05) is 0 Å². The van der Waals surface area contributed by atoms with Crippen LogP contribution >= 0.6 is 16.1 Å². The minimum Gasteiger partial charge on any atom is -0.596 e. The average molecular weight is 383 g/mol. The van der Waals surface area contributed by atoms with Crippen molar-refractivity contribution in [1.29, 1.82) is 0 Å². The summed E-state index contributed by atoms with van der Waals surface area (Å²) < 4.78 is 20.1. The summed E-state index contributed by atoms with van der Waals surface area (Å²) >= 11 is 0. The Bertz CT molecular complexity index is 217. The quantitative estimate of drug-likeness (QED) is 0.375. The third-order valence-corrected chi connectivity index (χ3v) is 4.25. The Morgan fingerprint density at radius 2 is 0.905 bits per heavy atom. The van der Waals surface area contributed by atoms with Crippen molar-refractivity contribution in [3.05, 3.63) is 0 Å². The smallest absolute Gasteiger partial charge is 0.596 e. The van der Waals surface area contributed by atoms with Crippen molar-refractivity contribution in [2.24, 2.45) is 0 Å². The van der Waals surface area contributed by atoms with E-state index in [-0.39, 0.29) is 16.8 Å². The van der Waals surface area contributed by atoms with Crippen LogP contribution in [0, 0.1) is 0 Å². The van der Waals surface area contributed by atoms with Gasteiger partial charge in [-0.2, -0.15) is 0 Å². The van der Waals surface area contributed by atoms with Crippen molar-refractivity contribution < 1.29 is 35.7 Å². The Morgan fingerprint density at radius 3 is 1.14 bits per heavy atom. The first-order chi connectivity index (χ1) is 9.54. The minimum atomic E-state index is -2.12. The molecule has 0 aliphatic rings. The molecule has 0 aromatic carbocycles. The predicted molar refractivity (Wildman–Crippen MR) is 82.5 cm³/mol. The van der Waals surface area contributed by atoms with Crippen LogP contribution in [0.3, 0.4) is 0 Å². The number of hydrogen-bond acceptors (Lipinski definition) is 4. The molecule has 0 saturated carbocycles. The zero-order chi connectivity index (χ0) is 15.6. The van der Waals surface area contributed by atoms with Gasteiger partial charge in [-0.25, -0.2) is 0 Å². The van der Waals surface area contributed by atoms with Gasteiger partial charge in [0.2, 0.25) is 0 Å². The minimum absolute atomic E-state index is 0. The van der Waals surface area contributed by atoms with Crippen molar-refractivity contribution in [2.45, 2.75) is 78.1 Å². The molecule has 0 N–H and O–H groups in total. The third kappa shape index (κ3) is 33.5. The van der Waals surface area contributed by atoms with Gasteiger partial charge >= 0.3 is 32.8 Å². The molecule has 0 spiro atoms. The van der Waals surface area contributed by atoms with Crippen LogP contribution < -0.4 is 9.79 Å². The molecule has 2 unspecified atom stereocenters. The summed E-state index contributed by atoms with van der Waals surface area (Å²) in [7, 11) is -4.24. The molecule has 4 nitrogen and oxygen atoms in total. The third-order valence-electron chi connectivity index (χ3n) is 2.89. The number of unbranched alkanes of at least 4 members (excludes halogenated alkanes) is 8. The Morgan fingerprint density at radius 1 is 0.619 bits per heavy atom. The van der Waals surface area contributed by atoms with Gasteiger partial charge in [0.25, 0.3) is 0 Å². The van der Waals surface area contributed by atoms with Crippen LogP contribution in [0.5, 0.6) is 0 Å². The monoisotopic (exact) mass is 383 g/mol. The van der Waals surface area contributed by atoms with Crippen LogP contribution in [0.15, 0.2) is 0 Å². The van der Waals surface area contributed by atoms with E-state index < -0.39 is 16.1 Å². The molecule has 0 amide bonds. The van der Waals surface area contributed by atoms with Crippen LogP contribution in [0.25, 0.3) is 0 Å². The zero-order valence-electron chi connectivity index (χ0n) is 13.3. The van der Waals surface area contributed by atoms with Gasteiger partial charge in [-0.1, -0.05) is 61.5 Å². The van der Waals surface area contributed by atoms with Crippen molar-refractivity contribution in [3.63, 3.8) is 0 Å². The fourth-order valence-corrected chi connectivity index (χ4v) is 2.65. The van der Waals surface area contributed by atoms with E-state index in [1.165, 1.54) is 38.5 Å². The topological polar surface area (TPSA) is 80.3 Å². The second-order valence-corrected chi connectivity index (χ2v) is 7.17. The molecule has 1 radical (unpaired) electrons. The molecule has 0 bridgehead atoms. The van der Waals surface area contributed by atoms with Gasteiger partial charge in [0.05, 0.1) is 0 Å². The van der Waals surface area contributed by atoms with Gasteiger partial charge in [-0.15, -0.1) is 0 Å². The van der Waals surface area contributed by atoms with E-state index in [1.54, 1.807) is 0 Å². The van der Waals surface area contributed by atoms with Crippen LogP contribution in [0.1, 0.15) is 78.1 Å². The molecule has 21 heavy (non-hydrogen) atoms. The Hall–Kier alpha value is 0.626.